The molecule has 0 unspecified atom stereocenters. The van der Waals surface area contributed by atoms with Crippen LogP contribution in [0.2, 0.25) is 0 Å². The van der Waals surface area contributed by atoms with E-state index >= 15 is 0 Å². The average Bonchev–Trinajstić information content (AvgIpc) is 3.60. The van der Waals surface area contributed by atoms with Crippen LogP contribution in [0.4, 0.5) is 17.2 Å². The molecule has 6 rings (SSSR count). The summed E-state index contributed by atoms with van der Waals surface area (Å²) in [6.45, 7) is 5.38. The number of hydrogen-bond donors (Lipinski definition) is 2. The fourth-order valence-electron chi connectivity index (χ4n) is 5.05. The second-order valence-electron chi connectivity index (χ2n) is 9.55. The number of benzene rings is 1. The Morgan fingerprint density at radius 1 is 1.19 bits per heavy atom. The summed E-state index contributed by atoms with van der Waals surface area (Å²) in [5.74, 6) is 0.620. The maximum absolute atomic E-state index is 12.9. The van der Waals surface area contributed by atoms with E-state index in [9.17, 15) is 4.79 Å². The van der Waals surface area contributed by atoms with E-state index in [1.54, 1.807) is 0 Å². The van der Waals surface area contributed by atoms with Crippen LogP contribution in [0, 0.1) is 6.92 Å². The number of hydrogen-bond acceptors (Lipinski definition) is 7. The van der Waals surface area contributed by atoms with E-state index in [0.29, 0.717) is 31.2 Å². The van der Waals surface area contributed by atoms with Crippen molar-refractivity contribution in [2.75, 3.05) is 44.2 Å². The first-order valence-corrected chi connectivity index (χ1v) is 12.1. The molecule has 2 aliphatic rings. The van der Waals surface area contributed by atoms with Crippen molar-refractivity contribution < 1.29 is 9.53 Å². The normalized spacial score (nSPS) is 15.1. The van der Waals surface area contributed by atoms with E-state index in [4.69, 9.17) is 9.72 Å². The lowest BCUT2D eigenvalue weighted by Crippen LogP contribution is -2.23. The third kappa shape index (κ3) is 3.86. The summed E-state index contributed by atoms with van der Waals surface area (Å²) >= 11 is 0. The van der Waals surface area contributed by atoms with Crippen LogP contribution in [-0.2, 0) is 17.8 Å². The molecule has 5 heterocycles. The van der Waals surface area contributed by atoms with Gasteiger partial charge in [0.2, 0.25) is 0 Å². The molecule has 1 fully saturated rings. The lowest BCUT2D eigenvalue weighted by atomic mass is 9.99. The van der Waals surface area contributed by atoms with Gasteiger partial charge in [-0.3, -0.25) is 9.20 Å². The molecule has 4 aromatic rings. The van der Waals surface area contributed by atoms with E-state index in [-0.39, 0.29) is 5.91 Å². The molecule has 36 heavy (non-hydrogen) atoms. The average molecular weight is 484 g/mol. The van der Waals surface area contributed by atoms with Gasteiger partial charge < -0.3 is 25.2 Å². The fourth-order valence-corrected chi connectivity index (χ4v) is 5.05. The molecular formula is C27H29N7O2. The lowest BCUT2D eigenvalue weighted by Gasteiger charge is -2.22. The van der Waals surface area contributed by atoms with Gasteiger partial charge in [-0.25, -0.2) is 9.97 Å². The van der Waals surface area contributed by atoms with Gasteiger partial charge in [0, 0.05) is 31.4 Å². The first-order chi connectivity index (χ1) is 17.5. The molecule has 2 N–H and O–H groups in total. The van der Waals surface area contributed by atoms with E-state index in [0.717, 1.165) is 58.3 Å². The number of nitrogens with zero attached hydrogens (tertiary/aromatic N) is 5. The van der Waals surface area contributed by atoms with Crippen LogP contribution >= 0.6 is 0 Å². The number of aryl methyl sites for hydroxylation is 1. The van der Waals surface area contributed by atoms with Crippen molar-refractivity contribution in [3.8, 4) is 11.3 Å². The maximum atomic E-state index is 12.9. The van der Waals surface area contributed by atoms with Crippen LogP contribution < -0.4 is 15.5 Å². The third-order valence-electron chi connectivity index (χ3n) is 6.74. The van der Waals surface area contributed by atoms with Crippen molar-refractivity contribution >= 4 is 28.7 Å². The van der Waals surface area contributed by atoms with Crippen molar-refractivity contribution in [1.82, 2.24) is 24.6 Å². The SMILES string of the molecule is Cc1cccn2c(-c3ccc(Nc4ccc(N5CCOC5)c(CN(C)C)n4)c4c3CNC4=O)cnc12. The minimum Gasteiger partial charge on any atom is -0.359 e. The maximum Gasteiger partial charge on any atom is 0.254 e. The zero-order valence-corrected chi connectivity index (χ0v) is 20.7. The zero-order valence-electron chi connectivity index (χ0n) is 20.7. The van der Waals surface area contributed by atoms with Crippen molar-refractivity contribution in [1.29, 1.82) is 0 Å². The van der Waals surface area contributed by atoms with E-state index in [1.807, 2.05) is 57.7 Å². The first kappa shape index (κ1) is 22.5. The molecule has 0 spiro atoms. The molecule has 0 radical (unpaired) electrons. The number of rotatable bonds is 6. The van der Waals surface area contributed by atoms with Crippen LogP contribution in [0.5, 0.6) is 0 Å². The molecular weight excluding hydrogens is 454 g/mol. The number of carbonyl (C=O) groups is 1. The Bertz CT molecular complexity index is 1470. The largest absolute Gasteiger partial charge is 0.359 e. The number of fused-ring (bicyclic) bond motifs is 2. The van der Waals surface area contributed by atoms with Gasteiger partial charge in [0.15, 0.2) is 0 Å². The molecule has 1 amide bonds. The van der Waals surface area contributed by atoms with E-state index in [2.05, 4.69) is 42.0 Å². The molecule has 0 aliphatic carbocycles. The number of nitrogens with one attached hydrogen (secondary N) is 2. The van der Waals surface area contributed by atoms with Crippen LogP contribution in [0.3, 0.4) is 0 Å². The van der Waals surface area contributed by atoms with E-state index in [1.165, 1.54) is 0 Å². The van der Waals surface area contributed by atoms with Crippen LogP contribution in [-0.4, -0.2) is 59.2 Å². The molecule has 0 saturated carbocycles. The molecule has 1 aromatic carbocycles. The van der Waals surface area contributed by atoms with Gasteiger partial charge in [-0.05, 0) is 56.4 Å². The smallest absolute Gasteiger partial charge is 0.254 e. The summed E-state index contributed by atoms with van der Waals surface area (Å²) < 4.78 is 7.63. The number of aromatic nitrogens is 3. The first-order valence-electron chi connectivity index (χ1n) is 12.1. The highest BCUT2D eigenvalue weighted by molar-refractivity contribution is 6.06. The van der Waals surface area contributed by atoms with Gasteiger partial charge in [-0.2, -0.15) is 0 Å². The summed E-state index contributed by atoms with van der Waals surface area (Å²) in [4.78, 5) is 26.8. The van der Waals surface area contributed by atoms with Gasteiger partial charge in [0.05, 0.1) is 41.1 Å². The quantitative estimate of drug-likeness (QED) is 0.434. The van der Waals surface area contributed by atoms with Crippen molar-refractivity contribution in [3.05, 3.63) is 71.2 Å². The lowest BCUT2D eigenvalue weighted by molar-refractivity contribution is 0.0966. The fraction of sp³-hybridized carbons (Fsp3) is 0.296. The Morgan fingerprint density at radius 3 is 2.89 bits per heavy atom. The Balaban J connectivity index is 1.38. The van der Waals surface area contributed by atoms with Crippen LogP contribution in [0.25, 0.3) is 16.9 Å². The summed E-state index contributed by atoms with van der Waals surface area (Å²) in [5, 5.41) is 6.42. The Labute approximate surface area is 209 Å². The van der Waals surface area contributed by atoms with Crippen molar-refractivity contribution in [3.63, 3.8) is 0 Å². The Kier molecular flexibility index (Phi) is 5.58. The minimum absolute atomic E-state index is 0.0845. The number of amides is 1. The summed E-state index contributed by atoms with van der Waals surface area (Å²) in [5.41, 5.74) is 8.40. The Hall–Kier alpha value is -3.95. The van der Waals surface area contributed by atoms with Gasteiger partial charge in [-0.15, -0.1) is 0 Å². The van der Waals surface area contributed by atoms with Crippen molar-refractivity contribution in [2.24, 2.45) is 0 Å². The van der Waals surface area contributed by atoms with Gasteiger partial charge in [0.25, 0.3) is 5.91 Å². The monoisotopic (exact) mass is 483 g/mol. The van der Waals surface area contributed by atoms with Gasteiger partial charge >= 0.3 is 0 Å². The number of imidazole rings is 1. The summed E-state index contributed by atoms with van der Waals surface area (Å²) in [6, 6.07) is 12.1. The predicted molar refractivity (Wildman–Crippen MR) is 140 cm³/mol. The van der Waals surface area contributed by atoms with Crippen LogP contribution in [0.15, 0.2) is 48.8 Å². The molecule has 0 bridgehead atoms. The molecule has 3 aromatic heterocycles. The highest BCUT2D eigenvalue weighted by Crippen LogP contribution is 2.36. The molecule has 2 aliphatic heterocycles. The number of ether oxygens (including phenoxy) is 1. The number of carbonyl (C=O) groups excluding carboxylic acids is 1. The highest BCUT2D eigenvalue weighted by Gasteiger charge is 2.27. The molecule has 9 heteroatoms. The highest BCUT2D eigenvalue weighted by atomic mass is 16.5. The standard InChI is InChI=1S/C27H29N7O2/c1-17-5-4-10-34-23(14-28-26(17)34)18-6-7-20(25-19(18)13-29-27(25)35)30-24-9-8-22(33-11-12-36-16-33)21(31-24)15-32(2)3/h4-10,14H,11-13,15-16H2,1-3H3,(H,29,35)(H,30,31). The number of anilines is 3. The van der Waals surface area contributed by atoms with Gasteiger partial charge in [0.1, 0.15) is 18.2 Å². The summed E-state index contributed by atoms with van der Waals surface area (Å²) in [6.07, 6.45) is 3.89. The van der Waals surface area contributed by atoms with Crippen LogP contribution in [0.1, 0.15) is 27.2 Å². The molecule has 0 atom stereocenters. The molecule has 184 valence electrons. The molecule has 1 saturated heterocycles. The van der Waals surface area contributed by atoms with Crippen molar-refractivity contribution in [2.45, 2.75) is 20.0 Å². The van der Waals surface area contributed by atoms with E-state index < -0.39 is 0 Å². The minimum atomic E-state index is -0.0845. The van der Waals surface area contributed by atoms with Gasteiger partial charge in [-0.1, -0.05) is 12.1 Å². The number of pyridine rings is 2. The second-order valence-corrected chi connectivity index (χ2v) is 9.55. The third-order valence-corrected chi connectivity index (χ3v) is 6.74. The zero-order chi connectivity index (χ0) is 24.8. The topological polar surface area (TPSA) is 87.0 Å². The predicted octanol–water partition coefficient (Wildman–Crippen LogP) is 3.55. The second kappa shape index (κ2) is 8.92. The Morgan fingerprint density at radius 2 is 2.08 bits per heavy atom. The summed E-state index contributed by atoms with van der Waals surface area (Å²) in [7, 11) is 4.06. The molecule has 9 nitrogen and oxygen atoms in total.